The average Bonchev–Trinajstić information content (AvgIpc) is 2.17. The number of hydrogen-bond donors (Lipinski definition) is 1. The van der Waals surface area contributed by atoms with E-state index in [0.29, 0.717) is 12.2 Å². The van der Waals surface area contributed by atoms with Gasteiger partial charge in [0.15, 0.2) is 0 Å². The van der Waals surface area contributed by atoms with Gasteiger partial charge in [-0.1, -0.05) is 6.07 Å². The smallest absolute Gasteiger partial charge is 0.251 e. The summed E-state index contributed by atoms with van der Waals surface area (Å²) in [5.74, 6) is 0.652. The molecule has 0 aliphatic rings. The van der Waals surface area contributed by atoms with Crippen LogP contribution >= 0.6 is 0 Å². The molecule has 76 valence electrons. The third kappa shape index (κ3) is 2.49. The van der Waals surface area contributed by atoms with Crippen LogP contribution in [0.3, 0.4) is 0 Å². The first-order valence-corrected chi connectivity index (χ1v) is 4.71. The van der Waals surface area contributed by atoms with E-state index in [4.69, 9.17) is 0 Å². The molecule has 4 nitrogen and oxygen atoms in total. The van der Waals surface area contributed by atoms with Crippen LogP contribution in [0.25, 0.3) is 0 Å². The second-order valence-electron chi connectivity index (χ2n) is 3.33. The highest BCUT2D eigenvalue weighted by atomic mass is 16.1. The number of pyridine rings is 1. The van der Waals surface area contributed by atoms with Crippen molar-refractivity contribution in [2.45, 2.75) is 13.3 Å². The van der Waals surface area contributed by atoms with E-state index < -0.39 is 0 Å². The Labute approximate surface area is 87.0 Å². The van der Waals surface area contributed by atoms with Crippen LogP contribution in [0.1, 0.15) is 17.2 Å². The quantitative estimate of drug-likeness (QED) is 0.790. The minimum atomic E-state index is -0.117. The zero-order chi connectivity index (χ0) is 10.7. The van der Waals surface area contributed by atoms with Gasteiger partial charge in [0, 0.05) is 30.1 Å². The van der Waals surface area contributed by atoms with Crippen LogP contribution in [0.5, 0.6) is 0 Å². The second kappa shape index (κ2) is 4.04. The van der Waals surface area contributed by atoms with Gasteiger partial charge in [0.1, 0.15) is 5.82 Å². The van der Waals surface area contributed by atoms with Gasteiger partial charge in [-0.3, -0.25) is 9.78 Å². The van der Waals surface area contributed by atoms with Gasteiger partial charge in [0.2, 0.25) is 0 Å². The van der Waals surface area contributed by atoms with Crippen LogP contribution in [0, 0.1) is 6.92 Å². The highest BCUT2D eigenvalue weighted by Crippen LogP contribution is 2.00. The van der Waals surface area contributed by atoms with Gasteiger partial charge < -0.3 is 4.98 Å². The SMILES string of the molecule is Cc1cc(=O)[nH]c(Cc2ccccn2)n1. The maximum atomic E-state index is 11.2. The summed E-state index contributed by atoms with van der Waals surface area (Å²) >= 11 is 0. The molecule has 1 N–H and O–H groups in total. The molecule has 0 atom stereocenters. The van der Waals surface area contributed by atoms with Crippen molar-refractivity contribution in [3.8, 4) is 0 Å². The Bertz CT molecular complexity index is 505. The van der Waals surface area contributed by atoms with Crippen LogP contribution in [-0.2, 0) is 6.42 Å². The fourth-order valence-electron chi connectivity index (χ4n) is 1.40. The fraction of sp³-hybridized carbons (Fsp3) is 0.182. The number of hydrogen-bond acceptors (Lipinski definition) is 3. The lowest BCUT2D eigenvalue weighted by Gasteiger charge is -2.00. The van der Waals surface area contributed by atoms with E-state index in [1.54, 1.807) is 13.1 Å². The van der Waals surface area contributed by atoms with Crippen molar-refractivity contribution in [3.63, 3.8) is 0 Å². The first-order chi connectivity index (χ1) is 7.24. The summed E-state index contributed by atoms with van der Waals surface area (Å²) in [5.41, 5.74) is 1.50. The number of H-pyrrole nitrogens is 1. The maximum absolute atomic E-state index is 11.2. The molecule has 2 aromatic heterocycles. The topological polar surface area (TPSA) is 58.6 Å². The molecular weight excluding hydrogens is 190 g/mol. The van der Waals surface area contributed by atoms with E-state index in [2.05, 4.69) is 15.0 Å². The molecule has 4 heteroatoms. The predicted octanol–water partition coefficient (Wildman–Crippen LogP) is 1.06. The molecule has 0 saturated carbocycles. The van der Waals surface area contributed by atoms with Gasteiger partial charge in [-0.25, -0.2) is 4.98 Å². The van der Waals surface area contributed by atoms with Crippen LogP contribution in [-0.4, -0.2) is 15.0 Å². The average molecular weight is 201 g/mol. The van der Waals surface area contributed by atoms with Crippen molar-refractivity contribution in [1.82, 2.24) is 15.0 Å². The zero-order valence-corrected chi connectivity index (χ0v) is 8.40. The van der Waals surface area contributed by atoms with Crippen molar-refractivity contribution in [2.75, 3.05) is 0 Å². The van der Waals surface area contributed by atoms with Crippen molar-refractivity contribution >= 4 is 0 Å². The molecule has 0 aromatic carbocycles. The molecule has 2 aromatic rings. The molecule has 0 amide bonds. The minimum absolute atomic E-state index is 0.117. The molecule has 0 bridgehead atoms. The predicted molar refractivity (Wildman–Crippen MR) is 56.6 cm³/mol. The fourth-order valence-corrected chi connectivity index (χ4v) is 1.40. The van der Waals surface area contributed by atoms with Crippen molar-refractivity contribution in [2.24, 2.45) is 0 Å². The Morgan fingerprint density at radius 2 is 2.27 bits per heavy atom. The van der Waals surface area contributed by atoms with E-state index in [1.807, 2.05) is 18.2 Å². The zero-order valence-electron chi connectivity index (χ0n) is 8.40. The van der Waals surface area contributed by atoms with Gasteiger partial charge in [-0.15, -0.1) is 0 Å². The van der Waals surface area contributed by atoms with E-state index in [1.165, 1.54) is 6.07 Å². The van der Waals surface area contributed by atoms with E-state index in [9.17, 15) is 4.79 Å². The summed E-state index contributed by atoms with van der Waals surface area (Å²) in [6, 6.07) is 7.15. The third-order valence-corrected chi connectivity index (χ3v) is 1.99. The molecule has 0 unspecified atom stereocenters. The lowest BCUT2D eigenvalue weighted by molar-refractivity contribution is 0.899. The Morgan fingerprint density at radius 3 is 2.93 bits per heavy atom. The van der Waals surface area contributed by atoms with Gasteiger partial charge in [0.05, 0.1) is 0 Å². The van der Waals surface area contributed by atoms with E-state index in [-0.39, 0.29) is 5.56 Å². The summed E-state index contributed by atoms with van der Waals surface area (Å²) < 4.78 is 0. The third-order valence-electron chi connectivity index (χ3n) is 1.99. The number of rotatable bonds is 2. The van der Waals surface area contributed by atoms with E-state index in [0.717, 1.165) is 11.4 Å². The van der Waals surface area contributed by atoms with Crippen LogP contribution in [0.2, 0.25) is 0 Å². The number of aryl methyl sites for hydroxylation is 1. The normalized spacial score (nSPS) is 10.2. The van der Waals surface area contributed by atoms with Gasteiger partial charge in [-0.2, -0.15) is 0 Å². The maximum Gasteiger partial charge on any atom is 0.251 e. The Kier molecular flexibility index (Phi) is 2.58. The number of aromatic amines is 1. The Morgan fingerprint density at radius 1 is 1.40 bits per heavy atom. The molecular formula is C11H11N3O. The molecule has 2 rings (SSSR count). The summed E-state index contributed by atoms with van der Waals surface area (Å²) in [6.07, 6.45) is 2.28. The molecule has 0 saturated heterocycles. The molecule has 15 heavy (non-hydrogen) atoms. The Hall–Kier alpha value is -1.97. The largest absolute Gasteiger partial charge is 0.310 e. The molecule has 0 aliphatic carbocycles. The van der Waals surface area contributed by atoms with E-state index >= 15 is 0 Å². The van der Waals surface area contributed by atoms with Crippen molar-refractivity contribution in [1.29, 1.82) is 0 Å². The molecule has 0 fully saturated rings. The summed E-state index contributed by atoms with van der Waals surface area (Å²) in [4.78, 5) is 22.3. The van der Waals surface area contributed by atoms with Crippen molar-refractivity contribution in [3.05, 3.63) is 58.0 Å². The highest BCUT2D eigenvalue weighted by molar-refractivity contribution is 5.11. The monoisotopic (exact) mass is 201 g/mol. The van der Waals surface area contributed by atoms with Gasteiger partial charge in [-0.05, 0) is 19.1 Å². The lowest BCUT2D eigenvalue weighted by Crippen LogP contribution is -2.11. The Balaban J connectivity index is 2.29. The first kappa shape index (κ1) is 9.58. The van der Waals surface area contributed by atoms with Gasteiger partial charge in [0.25, 0.3) is 5.56 Å². The molecule has 2 heterocycles. The lowest BCUT2D eigenvalue weighted by atomic mass is 10.2. The highest BCUT2D eigenvalue weighted by Gasteiger charge is 2.00. The molecule has 0 spiro atoms. The first-order valence-electron chi connectivity index (χ1n) is 4.71. The van der Waals surface area contributed by atoms with Crippen LogP contribution < -0.4 is 5.56 Å². The number of aromatic nitrogens is 3. The number of nitrogens with zero attached hydrogens (tertiary/aromatic N) is 2. The minimum Gasteiger partial charge on any atom is -0.310 e. The summed E-state index contributed by atoms with van der Waals surface area (Å²) in [6.45, 7) is 1.80. The van der Waals surface area contributed by atoms with Gasteiger partial charge >= 0.3 is 0 Å². The summed E-state index contributed by atoms with van der Waals surface area (Å²) in [7, 11) is 0. The van der Waals surface area contributed by atoms with Crippen LogP contribution in [0.4, 0.5) is 0 Å². The van der Waals surface area contributed by atoms with Crippen LogP contribution in [0.15, 0.2) is 35.3 Å². The molecule has 0 radical (unpaired) electrons. The summed E-state index contributed by atoms with van der Waals surface area (Å²) in [5, 5.41) is 0. The van der Waals surface area contributed by atoms with Crippen molar-refractivity contribution < 1.29 is 0 Å². The second-order valence-corrected chi connectivity index (χ2v) is 3.33. The molecule has 0 aliphatic heterocycles. The number of nitrogens with one attached hydrogen (secondary N) is 1. The standard InChI is InChI=1S/C11H11N3O/c1-8-6-11(15)14-10(13-8)7-9-4-2-3-5-12-9/h2-6H,7H2,1H3,(H,13,14,15).